The quantitative estimate of drug-likeness (QED) is 0.557. The third-order valence-corrected chi connectivity index (χ3v) is 8.68. The molecule has 6 rings (SSSR count). The largest absolute Gasteiger partial charge is 0.462 e. The standard InChI is InChI=1S/C29H30F2N2O3/c1-16-26-23(10-9-20-8-7-18(14-32-20)22-3-2-4-25(30)27(22)31)21-11-12-33(28(34)17-5-6-17)15-19(21)13-24(26)29(35)36-16/h2-4,7-10,14,16-17,19,21,23-24,26H,5-6,11-13,15H2,1H3/b10-9+. The van der Waals surface area contributed by atoms with Gasteiger partial charge in [0.1, 0.15) is 6.10 Å². The Hall–Kier alpha value is -3.09. The summed E-state index contributed by atoms with van der Waals surface area (Å²) in [6.07, 6.45) is 9.24. The maximum Gasteiger partial charge on any atom is 0.309 e. The molecule has 2 aliphatic carbocycles. The number of carbonyl (C=O) groups excluding carboxylic acids is 2. The van der Waals surface area contributed by atoms with E-state index in [4.69, 9.17) is 4.74 Å². The fraction of sp³-hybridized carbons (Fsp3) is 0.483. The number of pyridine rings is 1. The lowest BCUT2D eigenvalue weighted by molar-refractivity contribution is -0.144. The van der Waals surface area contributed by atoms with E-state index in [2.05, 4.69) is 11.1 Å². The maximum absolute atomic E-state index is 14.2. The lowest BCUT2D eigenvalue weighted by atomic mass is 9.59. The Morgan fingerprint density at radius 3 is 2.75 bits per heavy atom. The van der Waals surface area contributed by atoms with Crippen molar-refractivity contribution in [2.24, 2.45) is 35.5 Å². The summed E-state index contributed by atoms with van der Waals surface area (Å²) in [4.78, 5) is 31.9. The van der Waals surface area contributed by atoms with Crippen LogP contribution in [-0.2, 0) is 14.3 Å². The molecule has 2 aliphatic heterocycles. The number of aromatic nitrogens is 1. The molecule has 3 heterocycles. The number of cyclic esters (lactones) is 1. The van der Waals surface area contributed by atoms with Crippen molar-refractivity contribution in [1.82, 2.24) is 9.88 Å². The van der Waals surface area contributed by atoms with E-state index in [1.165, 1.54) is 12.1 Å². The van der Waals surface area contributed by atoms with Crippen molar-refractivity contribution in [3.05, 3.63) is 59.9 Å². The summed E-state index contributed by atoms with van der Waals surface area (Å²) < 4.78 is 33.5. The molecule has 6 unspecified atom stereocenters. The van der Waals surface area contributed by atoms with Gasteiger partial charge in [0.15, 0.2) is 11.6 Å². The highest BCUT2D eigenvalue weighted by molar-refractivity contribution is 5.81. The van der Waals surface area contributed by atoms with Crippen LogP contribution in [-0.4, -0.2) is 41.0 Å². The molecule has 0 spiro atoms. The molecule has 1 aromatic heterocycles. The van der Waals surface area contributed by atoms with E-state index < -0.39 is 11.6 Å². The molecule has 2 saturated heterocycles. The van der Waals surface area contributed by atoms with Crippen molar-refractivity contribution in [3.8, 4) is 11.1 Å². The first-order chi connectivity index (χ1) is 17.4. The number of amides is 1. The number of piperidine rings is 1. The average molecular weight is 493 g/mol. The molecular weight excluding hydrogens is 462 g/mol. The number of halogens is 2. The smallest absolute Gasteiger partial charge is 0.309 e. The van der Waals surface area contributed by atoms with Crippen molar-refractivity contribution in [2.75, 3.05) is 13.1 Å². The van der Waals surface area contributed by atoms with Gasteiger partial charge in [-0.25, -0.2) is 8.78 Å². The van der Waals surface area contributed by atoms with Crippen LogP contribution in [0.3, 0.4) is 0 Å². The Morgan fingerprint density at radius 1 is 1.17 bits per heavy atom. The van der Waals surface area contributed by atoms with Gasteiger partial charge in [0.25, 0.3) is 0 Å². The number of allylic oxidation sites excluding steroid dienone is 1. The monoisotopic (exact) mass is 492 g/mol. The molecule has 4 aliphatic rings. The number of hydrogen-bond acceptors (Lipinski definition) is 4. The number of fused-ring (bicyclic) bond motifs is 2. The SMILES string of the molecule is CC1OC(=O)C2CC3CN(C(=O)C4CC4)CCC3C(/C=C/c3ccc(-c4cccc(F)c4F)cn3)C12. The Morgan fingerprint density at radius 2 is 2.00 bits per heavy atom. The highest BCUT2D eigenvalue weighted by atomic mass is 19.2. The summed E-state index contributed by atoms with van der Waals surface area (Å²) >= 11 is 0. The van der Waals surface area contributed by atoms with Crippen LogP contribution in [0.25, 0.3) is 17.2 Å². The minimum absolute atomic E-state index is 0.112. The zero-order chi connectivity index (χ0) is 25.0. The van der Waals surface area contributed by atoms with Gasteiger partial charge in [-0.3, -0.25) is 14.6 Å². The van der Waals surface area contributed by atoms with Crippen LogP contribution < -0.4 is 0 Å². The first-order valence-corrected chi connectivity index (χ1v) is 13.0. The van der Waals surface area contributed by atoms with Crippen molar-refractivity contribution >= 4 is 18.0 Å². The van der Waals surface area contributed by atoms with Crippen LogP contribution in [0.1, 0.15) is 38.3 Å². The van der Waals surface area contributed by atoms with E-state index in [1.807, 2.05) is 17.9 Å². The predicted molar refractivity (Wildman–Crippen MR) is 130 cm³/mol. The number of benzene rings is 1. The van der Waals surface area contributed by atoms with Gasteiger partial charge in [-0.1, -0.05) is 24.3 Å². The number of likely N-dealkylation sites (tertiary alicyclic amines) is 1. The molecule has 1 aromatic carbocycles. The molecule has 1 amide bonds. The number of hydrogen-bond donors (Lipinski definition) is 0. The number of esters is 1. The second-order valence-electron chi connectivity index (χ2n) is 10.8. The van der Waals surface area contributed by atoms with Crippen molar-refractivity contribution in [2.45, 2.75) is 38.7 Å². The summed E-state index contributed by atoms with van der Waals surface area (Å²) in [5.41, 5.74) is 1.41. The minimum atomic E-state index is -0.884. The molecule has 188 valence electrons. The fourth-order valence-corrected chi connectivity index (χ4v) is 6.75. The first-order valence-electron chi connectivity index (χ1n) is 13.0. The van der Waals surface area contributed by atoms with Gasteiger partial charge >= 0.3 is 5.97 Å². The molecule has 0 radical (unpaired) electrons. The van der Waals surface area contributed by atoms with E-state index in [1.54, 1.807) is 18.3 Å². The first kappa shape index (κ1) is 23.3. The normalized spacial score (nSPS) is 31.8. The Kier molecular flexibility index (Phi) is 5.89. The molecule has 2 saturated carbocycles. The number of nitrogens with zero attached hydrogens (tertiary/aromatic N) is 2. The zero-order valence-electron chi connectivity index (χ0n) is 20.3. The van der Waals surface area contributed by atoms with Gasteiger partial charge in [-0.05, 0) is 68.6 Å². The third-order valence-electron chi connectivity index (χ3n) is 8.68. The summed E-state index contributed by atoms with van der Waals surface area (Å²) in [5, 5.41) is 0. The van der Waals surface area contributed by atoms with Crippen molar-refractivity contribution in [1.29, 1.82) is 0 Å². The number of rotatable bonds is 4. The Balaban J connectivity index is 1.24. The molecule has 4 fully saturated rings. The molecule has 6 atom stereocenters. The summed E-state index contributed by atoms with van der Waals surface area (Å²) in [6, 6.07) is 7.65. The lowest BCUT2D eigenvalue weighted by Crippen LogP contribution is -2.51. The van der Waals surface area contributed by atoms with Gasteiger partial charge in [0.2, 0.25) is 5.91 Å². The molecule has 2 aromatic rings. The topological polar surface area (TPSA) is 59.5 Å². The highest BCUT2D eigenvalue weighted by Crippen LogP contribution is 2.52. The van der Waals surface area contributed by atoms with E-state index in [9.17, 15) is 18.4 Å². The maximum atomic E-state index is 14.2. The molecule has 36 heavy (non-hydrogen) atoms. The van der Waals surface area contributed by atoms with Gasteiger partial charge < -0.3 is 9.64 Å². The number of ether oxygens (including phenoxy) is 1. The van der Waals surface area contributed by atoms with Crippen LogP contribution in [0.15, 0.2) is 42.6 Å². The van der Waals surface area contributed by atoms with Crippen molar-refractivity contribution < 1.29 is 23.1 Å². The predicted octanol–water partition coefficient (Wildman–Crippen LogP) is 5.11. The second kappa shape index (κ2) is 9.09. The van der Waals surface area contributed by atoms with Gasteiger partial charge in [-0.2, -0.15) is 0 Å². The Labute approximate surface area is 209 Å². The van der Waals surface area contributed by atoms with E-state index in [0.717, 1.165) is 44.8 Å². The van der Waals surface area contributed by atoms with Crippen LogP contribution in [0.2, 0.25) is 0 Å². The molecule has 5 nitrogen and oxygen atoms in total. The summed E-state index contributed by atoms with van der Waals surface area (Å²) in [6.45, 7) is 3.48. The molecule has 0 bridgehead atoms. The van der Waals surface area contributed by atoms with E-state index in [-0.39, 0.29) is 53.1 Å². The minimum Gasteiger partial charge on any atom is -0.462 e. The zero-order valence-corrected chi connectivity index (χ0v) is 20.3. The summed E-state index contributed by atoms with van der Waals surface area (Å²) in [7, 11) is 0. The van der Waals surface area contributed by atoms with Crippen LogP contribution in [0.4, 0.5) is 8.78 Å². The Bertz CT molecular complexity index is 1210. The van der Waals surface area contributed by atoms with Crippen molar-refractivity contribution in [3.63, 3.8) is 0 Å². The molecule has 7 heteroatoms. The number of carbonyl (C=O) groups is 2. The second-order valence-corrected chi connectivity index (χ2v) is 10.8. The van der Waals surface area contributed by atoms with Gasteiger partial charge in [-0.15, -0.1) is 0 Å². The van der Waals surface area contributed by atoms with Crippen LogP contribution in [0.5, 0.6) is 0 Å². The van der Waals surface area contributed by atoms with Crippen LogP contribution in [0, 0.1) is 47.1 Å². The molecule has 0 N–H and O–H groups in total. The lowest BCUT2D eigenvalue weighted by Gasteiger charge is -2.48. The van der Waals surface area contributed by atoms with Gasteiger partial charge in [0.05, 0.1) is 11.6 Å². The fourth-order valence-electron chi connectivity index (χ4n) is 6.75. The van der Waals surface area contributed by atoms with E-state index >= 15 is 0 Å². The van der Waals surface area contributed by atoms with Crippen LogP contribution >= 0.6 is 0 Å². The van der Waals surface area contributed by atoms with E-state index in [0.29, 0.717) is 17.2 Å². The third kappa shape index (κ3) is 4.12. The summed E-state index contributed by atoms with van der Waals surface area (Å²) in [5.74, 6) is -0.614. The molecular formula is C29H30F2N2O3. The highest BCUT2D eigenvalue weighted by Gasteiger charge is 2.55. The average Bonchev–Trinajstić information content (AvgIpc) is 3.69. The van der Waals surface area contributed by atoms with Gasteiger partial charge in [0, 0.05) is 42.2 Å².